The minimum Gasteiger partial charge on any atom is -0.396 e. The number of hydrogen-bond acceptors (Lipinski definition) is 3. The first-order valence-electron chi connectivity index (χ1n) is 4.84. The van der Waals surface area contributed by atoms with Crippen LogP contribution in [0.2, 0.25) is 0 Å². The third kappa shape index (κ3) is 1.85. The zero-order valence-corrected chi connectivity index (χ0v) is 9.71. The van der Waals surface area contributed by atoms with Crippen LogP contribution in [-0.2, 0) is 0 Å². The van der Waals surface area contributed by atoms with E-state index in [0.717, 1.165) is 16.2 Å². The summed E-state index contributed by atoms with van der Waals surface area (Å²) in [5, 5.41) is 3.37. The van der Waals surface area contributed by atoms with Gasteiger partial charge in [-0.25, -0.2) is 4.98 Å². The van der Waals surface area contributed by atoms with Crippen molar-refractivity contribution in [3.63, 3.8) is 0 Å². The molecule has 2 atom stereocenters. The molecule has 3 nitrogen and oxygen atoms in total. The Labute approximate surface area is 92.2 Å². The number of pyridine rings is 1. The predicted octanol–water partition coefficient (Wildman–Crippen LogP) is 2.64. The van der Waals surface area contributed by atoms with Crippen LogP contribution in [-0.4, -0.2) is 11.0 Å². The van der Waals surface area contributed by atoms with Crippen LogP contribution in [0.5, 0.6) is 0 Å². The van der Waals surface area contributed by atoms with Crippen LogP contribution < -0.4 is 11.1 Å². The Morgan fingerprint density at radius 2 is 2.36 bits per heavy atom. The lowest BCUT2D eigenvalue weighted by molar-refractivity contribution is 0.303. The second-order valence-electron chi connectivity index (χ2n) is 3.90. The molecule has 1 heterocycles. The Morgan fingerprint density at radius 3 is 2.86 bits per heavy atom. The molecule has 4 heteroatoms. The standard InChI is InChI=1S/C10H14BrN3/c1-6-2-3-9(6)14-10-8(12)4-7(11)5-13-10/h4-6,9H,2-3,12H2,1H3,(H,13,14). The minimum atomic E-state index is 0.547. The summed E-state index contributed by atoms with van der Waals surface area (Å²) in [5.74, 6) is 1.55. The molecule has 0 aromatic carbocycles. The van der Waals surface area contributed by atoms with Gasteiger partial charge >= 0.3 is 0 Å². The van der Waals surface area contributed by atoms with E-state index in [1.165, 1.54) is 12.8 Å². The highest BCUT2D eigenvalue weighted by Crippen LogP contribution is 2.31. The maximum atomic E-state index is 5.84. The smallest absolute Gasteiger partial charge is 0.149 e. The fourth-order valence-electron chi connectivity index (χ4n) is 1.63. The van der Waals surface area contributed by atoms with E-state index in [2.05, 4.69) is 33.2 Å². The number of aromatic nitrogens is 1. The number of nitrogens with one attached hydrogen (secondary N) is 1. The number of anilines is 2. The molecular formula is C10H14BrN3. The van der Waals surface area contributed by atoms with Crippen LogP contribution in [0.1, 0.15) is 19.8 Å². The first-order valence-corrected chi connectivity index (χ1v) is 5.63. The molecule has 1 saturated carbocycles. The number of nitrogens with zero attached hydrogens (tertiary/aromatic N) is 1. The van der Waals surface area contributed by atoms with Gasteiger partial charge < -0.3 is 11.1 Å². The predicted molar refractivity (Wildman–Crippen MR) is 62.2 cm³/mol. The molecule has 0 bridgehead atoms. The molecule has 0 saturated heterocycles. The quantitative estimate of drug-likeness (QED) is 0.855. The summed E-state index contributed by atoms with van der Waals surface area (Å²) in [7, 11) is 0. The van der Waals surface area contributed by atoms with Gasteiger partial charge in [-0.15, -0.1) is 0 Å². The Kier molecular flexibility index (Phi) is 2.63. The lowest BCUT2D eigenvalue weighted by Crippen LogP contribution is -2.36. The second kappa shape index (κ2) is 3.77. The summed E-state index contributed by atoms with van der Waals surface area (Å²) >= 11 is 3.34. The Morgan fingerprint density at radius 1 is 1.57 bits per heavy atom. The first-order chi connectivity index (χ1) is 6.66. The van der Waals surface area contributed by atoms with Crippen molar-refractivity contribution >= 4 is 27.4 Å². The topological polar surface area (TPSA) is 50.9 Å². The average molecular weight is 256 g/mol. The summed E-state index contributed by atoms with van der Waals surface area (Å²) in [5.41, 5.74) is 6.55. The Hall–Kier alpha value is -0.770. The van der Waals surface area contributed by atoms with E-state index in [4.69, 9.17) is 5.73 Å². The van der Waals surface area contributed by atoms with Gasteiger partial charge in [0.05, 0.1) is 5.69 Å². The molecule has 1 aliphatic carbocycles. The summed E-state index contributed by atoms with van der Waals surface area (Å²) in [6.07, 6.45) is 4.29. The summed E-state index contributed by atoms with van der Waals surface area (Å²) in [6, 6.07) is 2.42. The molecule has 2 rings (SSSR count). The lowest BCUT2D eigenvalue weighted by Gasteiger charge is -2.35. The highest BCUT2D eigenvalue weighted by atomic mass is 79.9. The van der Waals surface area contributed by atoms with Crippen molar-refractivity contribution in [2.45, 2.75) is 25.8 Å². The van der Waals surface area contributed by atoms with Crippen LogP contribution in [0, 0.1) is 5.92 Å². The molecule has 14 heavy (non-hydrogen) atoms. The maximum absolute atomic E-state index is 5.84. The number of halogens is 1. The van der Waals surface area contributed by atoms with Crippen molar-refractivity contribution in [2.24, 2.45) is 5.92 Å². The molecule has 3 N–H and O–H groups in total. The molecule has 76 valence electrons. The van der Waals surface area contributed by atoms with E-state index < -0.39 is 0 Å². The summed E-state index contributed by atoms with van der Waals surface area (Å²) < 4.78 is 0.919. The number of nitrogens with two attached hydrogens (primary N) is 1. The monoisotopic (exact) mass is 255 g/mol. The van der Waals surface area contributed by atoms with Crippen molar-refractivity contribution in [2.75, 3.05) is 11.1 Å². The SMILES string of the molecule is CC1CCC1Nc1ncc(Br)cc1N. The van der Waals surface area contributed by atoms with E-state index in [1.54, 1.807) is 6.20 Å². The summed E-state index contributed by atoms with van der Waals surface area (Å²) in [4.78, 5) is 4.25. The lowest BCUT2D eigenvalue weighted by atomic mass is 9.81. The maximum Gasteiger partial charge on any atom is 0.149 e. The summed E-state index contributed by atoms with van der Waals surface area (Å²) in [6.45, 7) is 2.25. The number of nitrogen functional groups attached to an aromatic ring is 1. The van der Waals surface area contributed by atoms with Crippen molar-refractivity contribution in [3.8, 4) is 0 Å². The van der Waals surface area contributed by atoms with E-state index in [0.29, 0.717) is 11.7 Å². The van der Waals surface area contributed by atoms with Gasteiger partial charge in [-0.1, -0.05) is 6.92 Å². The molecule has 0 aliphatic heterocycles. The molecule has 1 aliphatic rings. The van der Waals surface area contributed by atoms with Gasteiger partial charge in [0, 0.05) is 16.7 Å². The second-order valence-corrected chi connectivity index (χ2v) is 4.81. The molecule has 0 radical (unpaired) electrons. The normalized spacial score (nSPS) is 25.6. The zero-order valence-electron chi connectivity index (χ0n) is 8.13. The first kappa shape index (κ1) is 9.77. The Balaban J connectivity index is 2.09. The van der Waals surface area contributed by atoms with E-state index in [-0.39, 0.29) is 0 Å². The average Bonchev–Trinajstić information content (AvgIpc) is 2.14. The molecule has 2 unspecified atom stereocenters. The molecule has 1 fully saturated rings. The van der Waals surface area contributed by atoms with Crippen molar-refractivity contribution in [3.05, 3.63) is 16.7 Å². The molecular weight excluding hydrogens is 242 g/mol. The van der Waals surface area contributed by atoms with Crippen LogP contribution >= 0.6 is 15.9 Å². The molecule has 0 amide bonds. The van der Waals surface area contributed by atoms with Gasteiger partial charge in [-0.2, -0.15) is 0 Å². The highest BCUT2D eigenvalue weighted by Gasteiger charge is 2.27. The van der Waals surface area contributed by atoms with Crippen molar-refractivity contribution in [1.82, 2.24) is 4.98 Å². The van der Waals surface area contributed by atoms with Gasteiger partial charge in [0.2, 0.25) is 0 Å². The molecule has 0 spiro atoms. The van der Waals surface area contributed by atoms with Gasteiger partial charge in [-0.3, -0.25) is 0 Å². The van der Waals surface area contributed by atoms with Crippen LogP contribution in [0.4, 0.5) is 11.5 Å². The van der Waals surface area contributed by atoms with Crippen LogP contribution in [0.3, 0.4) is 0 Å². The van der Waals surface area contributed by atoms with Crippen molar-refractivity contribution < 1.29 is 0 Å². The number of rotatable bonds is 2. The highest BCUT2D eigenvalue weighted by molar-refractivity contribution is 9.10. The van der Waals surface area contributed by atoms with E-state index >= 15 is 0 Å². The minimum absolute atomic E-state index is 0.547. The van der Waals surface area contributed by atoms with Gasteiger partial charge in [0.25, 0.3) is 0 Å². The molecule has 1 aromatic heterocycles. The van der Waals surface area contributed by atoms with Gasteiger partial charge in [-0.05, 0) is 40.8 Å². The molecule has 1 aromatic rings. The third-order valence-corrected chi connectivity index (χ3v) is 3.26. The van der Waals surface area contributed by atoms with E-state index in [1.807, 2.05) is 6.07 Å². The van der Waals surface area contributed by atoms with Crippen LogP contribution in [0.25, 0.3) is 0 Å². The van der Waals surface area contributed by atoms with Crippen LogP contribution in [0.15, 0.2) is 16.7 Å². The Bertz CT molecular complexity index is 340. The van der Waals surface area contributed by atoms with Gasteiger partial charge in [0.1, 0.15) is 5.82 Å². The van der Waals surface area contributed by atoms with Crippen molar-refractivity contribution in [1.29, 1.82) is 0 Å². The third-order valence-electron chi connectivity index (χ3n) is 2.83. The number of hydrogen-bond donors (Lipinski definition) is 2. The zero-order chi connectivity index (χ0) is 10.1. The largest absolute Gasteiger partial charge is 0.396 e. The fourth-order valence-corrected chi connectivity index (χ4v) is 1.98. The van der Waals surface area contributed by atoms with Gasteiger partial charge in [0.15, 0.2) is 0 Å². The van der Waals surface area contributed by atoms with E-state index in [9.17, 15) is 0 Å². The fraction of sp³-hybridized carbons (Fsp3) is 0.500.